The van der Waals surface area contributed by atoms with Crippen molar-refractivity contribution in [3.63, 3.8) is 0 Å². The van der Waals surface area contributed by atoms with Gasteiger partial charge < -0.3 is 10.4 Å². The number of carbonyl (C=O) groups is 1. The zero-order chi connectivity index (χ0) is 14.4. The maximum absolute atomic E-state index is 11.9. The highest BCUT2D eigenvalue weighted by atomic mass is 35.5. The average Bonchev–Trinajstić information content (AvgIpc) is 2.48. The monoisotopic (exact) mass is 289 g/mol. The van der Waals surface area contributed by atoms with Gasteiger partial charge in [-0.25, -0.2) is 0 Å². The summed E-state index contributed by atoms with van der Waals surface area (Å²) in [4.78, 5) is 11.9. The highest BCUT2D eigenvalue weighted by Gasteiger charge is 2.05. The lowest BCUT2D eigenvalue weighted by Crippen LogP contribution is -2.25. The highest BCUT2D eigenvalue weighted by Crippen LogP contribution is 2.11. The second kappa shape index (κ2) is 7.08. The van der Waals surface area contributed by atoms with Crippen LogP contribution in [0.15, 0.2) is 48.5 Å². The quantitative estimate of drug-likeness (QED) is 0.889. The van der Waals surface area contributed by atoms with Crippen LogP contribution in [0.1, 0.15) is 16.7 Å². The number of amides is 1. The first-order valence-corrected chi connectivity index (χ1v) is 6.75. The molecule has 0 fully saturated rings. The Bertz CT molecular complexity index is 581. The minimum atomic E-state index is -0.0555. The number of carbonyl (C=O) groups excluding carboxylic acids is 1. The summed E-state index contributed by atoms with van der Waals surface area (Å²) in [6, 6.07) is 14.7. The van der Waals surface area contributed by atoms with Gasteiger partial charge in [0.1, 0.15) is 0 Å². The molecule has 2 aromatic rings. The average molecular weight is 290 g/mol. The minimum Gasteiger partial charge on any atom is -0.392 e. The molecular weight excluding hydrogens is 274 g/mol. The van der Waals surface area contributed by atoms with Crippen LogP contribution in [0.4, 0.5) is 0 Å². The fourth-order valence-corrected chi connectivity index (χ4v) is 2.05. The lowest BCUT2D eigenvalue weighted by molar-refractivity contribution is -0.120. The van der Waals surface area contributed by atoms with Crippen LogP contribution in [-0.2, 0) is 24.4 Å². The van der Waals surface area contributed by atoms with Gasteiger partial charge in [0.15, 0.2) is 0 Å². The highest BCUT2D eigenvalue weighted by molar-refractivity contribution is 6.30. The third-order valence-corrected chi connectivity index (χ3v) is 3.29. The van der Waals surface area contributed by atoms with Crippen molar-refractivity contribution in [3.8, 4) is 0 Å². The van der Waals surface area contributed by atoms with E-state index in [0.717, 1.165) is 16.7 Å². The number of benzene rings is 2. The van der Waals surface area contributed by atoms with E-state index >= 15 is 0 Å². The summed E-state index contributed by atoms with van der Waals surface area (Å²) in [5, 5.41) is 12.7. The first-order valence-electron chi connectivity index (χ1n) is 6.38. The number of hydrogen-bond donors (Lipinski definition) is 2. The summed E-state index contributed by atoms with van der Waals surface area (Å²) >= 11 is 5.80. The van der Waals surface area contributed by atoms with E-state index in [9.17, 15) is 9.90 Å². The molecule has 0 aliphatic carbocycles. The number of aliphatic hydroxyl groups excluding tert-OH is 1. The van der Waals surface area contributed by atoms with Crippen LogP contribution in [0, 0.1) is 0 Å². The van der Waals surface area contributed by atoms with Crippen LogP contribution in [-0.4, -0.2) is 11.0 Å². The number of nitrogens with one attached hydrogen (secondary N) is 1. The van der Waals surface area contributed by atoms with Crippen LogP contribution in [0.25, 0.3) is 0 Å². The van der Waals surface area contributed by atoms with Crippen molar-refractivity contribution in [2.45, 2.75) is 19.6 Å². The second-order valence-electron chi connectivity index (χ2n) is 4.51. The van der Waals surface area contributed by atoms with Gasteiger partial charge in [0, 0.05) is 11.6 Å². The van der Waals surface area contributed by atoms with Gasteiger partial charge in [0.25, 0.3) is 0 Å². The van der Waals surface area contributed by atoms with Gasteiger partial charge in [-0.1, -0.05) is 48.0 Å². The van der Waals surface area contributed by atoms with Gasteiger partial charge in [-0.15, -0.1) is 0 Å². The van der Waals surface area contributed by atoms with E-state index in [1.807, 2.05) is 36.4 Å². The molecule has 20 heavy (non-hydrogen) atoms. The molecule has 104 valence electrons. The Balaban J connectivity index is 1.90. The summed E-state index contributed by atoms with van der Waals surface area (Å²) in [5.41, 5.74) is 2.68. The summed E-state index contributed by atoms with van der Waals surface area (Å²) in [6.07, 6.45) is 0.318. The predicted octanol–water partition coefficient (Wildman–Crippen LogP) is 2.69. The topological polar surface area (TPSA) is 49.3 Å². The van der Waals surface area contributed by atoms with Crippen LogP contribution >= 0.6 is 11.6 Å². The summed E-state index contributed by atoms with van der Waals surface area (Å²) in [7, 11) is 0. The van der Waals surface area contributed by atoms with Gasteiger partial charge in [0.2, 0.25) is 5.91 Å². The second-order valence-corrected chi connectivity index (χ2v) is 4.94. The Morgan fingerprint density at radius 3 is 2.35 bits per heavy atom. The van der Waals surface area contributed by atoms with E-state index in [4.69, 9.17) is 11.6 Å². The van der Waals surface area contributed by atoms with Gasteiger partial charge >= 0.3 is 0 Å². The molecule has 0 aliphatic heterocycles. The molecule has 2 aromatic carbocycles. The SMILES string of the molecule is O=C(Cc1ccc(Cl)cc1)NCc1ccccc1CO. The van der Waals surface area contributed by atoms with E-state index in [2.05, 4.69) is 5.32 Å². The summed E-state index contributed by atoms with van der Waals surface area (Å²) in [5.74, 6) is -0.0555. The lowest BCUT2D eigenvalue weighted by atomic mass is 10.1. The van der Waals surface area contributed by atoms with Gasteiger partial charge in [-0.2, -0.15) is 0 Å². The Morgan fingerprint density at radius 2 is 1.70 bits per heavy atom. The maximum Gasteiger partial charge on any atom is 0.224 e. The standard InChI is InChI=1S/C16H16ClNO2/c17-15-7-5-12(6-8-15)9-16(20)18-10-13-3-1-2-4-14(13)11-19/h1-8,19H,9-11H2,(H,18,20). The predicted molar refractivity (Wildman–Crippen MR) is 79.4 cm³/mol. The molecule has 0 atom stereocenters. The fourth-order valence-electron chi connectivity index (χ4n) is 1.93. The molecule has 0 saturated carbocycles. The fraction of sp³-hybridized carbons (Fsp3) is 0.188. The Kier molecular flexibility index (Phi) is 5.16. The first-order chi connectivity index (χ1) is 9.69. The van der Waals surface area contributed by atoms with Crippen molar-refractivity contribution in [1.29, 1.82) is 0 Å². The number of halogens is 1. The zero-order valence-corrected chi connectivity index (χ0v) is 11.7. The molecule has 2 N–H and O–H groups in total. The maximum atomic E-state index is 11.9. The summed E-state index contributed by atoms with van der Waals surface area (Å²) in [6.45, 7) is 0.395. The van der Waals surface area contributed by atoms with Crippen molar-refractivity contribution in [3.05, 3.63) is 70.2 Å². The van der Waals surface area contributed by atoms with E-state index in [1.165, 1.54) is 0 Å². The van der Waals surface area contributed by atoms with Crippen molar-refractivity contribution in [2.24, 2.45) is 0 Å². The minimum absolute atomic E-state index is 0.0246. The van der Waals surface area contributed by atoms with Crippen LogP contribution < -0.4 is 5.32 Å². The molecule has 4 heteroatoms. The van der Waals surface area contributed by atoms with Gasteiger partial charge in [-0.05, 0) is 28.8 Å². The van der Waals surface area contributed by atoms with Crippen LogP contribution in [0.2, 0.25) is 5.02 Å². The number of aliphatic hydroxyl groups is 1. The molecule has 0 spiro atoms. The van der Waals surface area contributed by atoms with Gasteiger partial charge in [-0.3, -0.25) is 4.79 Å². The molecule has 0 aliphatic rings. The normalized spacial score (nSPS) is 10.3. The van der Waals surface area contributed by atoms with E-state index in [1.54, 1.807) is 12.1 Å². The number of rotatable bonds is 5. The molecule has 0 radical (unpaired) electrons. The molecule has 2 rings (SSSR count). The Morgan fingerprint density at radius 1 is 1.05 bits per heavy atom. The van der Waals surface area contributed by atoms with Crippen molar-refractivity contribution in [2.75, 3.05) is 0 Å². The van der Waals surface area contributed by atoms with E-state index in [0.29, 0.717) is 18.0 Å². The number of hydrogen-bond acceptors (Lipinski definition) is 2. The Labute approximate surface area is 123 Å². The zero-order valence-electron chi connectivity index (χ0n) is 11.0. The van der Waals surface area contributed by atoms with Crippen molar-refractivity contribution < 1.29 is 9.90 Å². The lowest BCUT2D eigenvalue weighted by Gasteiger charge is -2.09. The third kappa shape index (κ3) is 4.08. The smallest absolute Gasteiger partial charge is 0.224 e. The molecule has 0 saturated heterocycles. The molecule has 0 aromatic heterocycles. The Hall–Kier alpha value is -1.84. The van der Waals surface area contributed by atoms with Crippen LogP contribution in [0.3, 0.4) is 0 Å². The molecule has 0 heterocycles. The molecule has 0 bridgehead atoms. The molecule has 3 nitrogen and oxygen atoms in total. The van der Waals surface area contributed by atoms with Gasteiger partial charge in [0.05, 0.1) is 13.0 Å². The van der Waals surface area contributed by atoms with Crippen LogP contribution in [0.5, 0.6) is 0 Å². The summed E-state index contributed by atoms with van der Waals surface area (Å²) < 4.78 is 0. The molecular formula is C16H16ClNO2. The largest absolute Gasteiger partial charge is 0.392 e. The van der Waals surface area contributed by atoms with E-state index < -0.39 is 0 Å². The van der Waals surface area contributed by atoms with Crippen molar-refractivity contribution in [1.82, 2.24) is 5.32 Å². The van der Waals surface area contributed by atoms with Crippen molar-refractivity contribution >= 4 is 17.5 Å². The van der Waals surface area contributed by atoms with E-state index in [-0.39, 0.29) is 12.5 Å². The third-order valence-electron chi connectivity index (χ3n) is 3.04. The molecule has 1 amide bonds. The first kappa shape index (κ1) is 14.6. The molecule has 0 unspecified atom stereocenters.